The minimum absolute atomic E-state index is 0.0923. The Balaban J connectivity index is 2.68. The van der Waals surface area contributed by atoms with Crippen LogP contribution in [0, 0.1) is 5.92 Å². The van der Waals surface area contributed by atoms with E-state index in [0.29, 0.717) is 5.92 Å². The molecule has 1 heterocycles. The van der Waals surface area contributed by atoms with Crippen LogP contribution >= 0.6 is 0 Å². The Morgan fingerprint density at radius 1 is 1.41 bits per heavy atom. The Bertz CT molecular complexity index is 567. The molecule has 0 saturated carbocycles. The van der Waals surface area contributed by atoms with Crippen molar-refractivity contribution in [1.29, 1.82) is 0 Å². The molecule has 0 aliphatic heterocycles. The van der Waals surface area contributed by atoms with E-state index in [4.69, 9.17) is 0 Å². The summed E-state index contributed by atoms with van der Waals surface area (Å²) in [5.41, 5.74) is 2.80. The topological polar surface area (TPSA) is 34.9 Å². The van der Waals surface area contributed by atoms with Gasteiger partial charge in [-0.25, -0.2) is 0 Å². The summed E-state index contributed by atoms with van der Waals surface area (Å²) in [6.45, 7) is 5.95. The SMILES string of the molecule is CC(=O)c1cccc2c(CC(C)C)nn(C)c12. The summed E-state index contributed by atoms with van der Waals surface area (Å²) in [6, 6.07) is 5.85. The lowest BCUT2D eigenvalue weighted by atomic mass is 10.0. The molecule has 3 nitrogen and oxygen atoms in total. The van der Waals surface area contributed by atoms with Crippen LogP contribution in [0.2, 0.25) is 0 Å². The smallest absolute Gasteiger partial charge is 0.161 e. The molecule has 0 saturated heterocycles. The van der Waals surface area contributed by atoms with E-state index in [9.17, 15) is 4.79 Å². The third-order valence-corrected chi connectivity index (χ3v) is 2.92. The van der Waals surface area contributed by atoms with E-state index in [1.807, 2.05) is 29.9 Å². The molecule has 90 valence electrons. The van der Waals surface area contributed by atoms with Gasteiger partial charge in [-0.1, -0.05) is 26.0 Å². The Morgan fingerprint density at radius 2 is 2.12 bits per heavy atom. The molecule has 0 aliphatic rings. The number of benzene rings is 1. The summed E-state index contributed by atoms with van der Waals surface area (Å²) in [6.07, 6.45) is 0.943. The van der Waals surface area contributed by atoms with Crippen LogP contribution in [-0.2, 0) is 13.5 Å². The fourth-order valence-corrected chi connectivity index (χ4v) is 2.23. The lowest BCUT2D eigenvalue weighted by Crippen LogP contribution is -1.98. The number of Topliss-reactive ketones (excluding diaryl/α,β-unsaturated/α-hetero) is 1. The van der Waals surface area contributed by atoms with Gasteiger partial charge in [0.05, 0.1) is 11.2 Å². The first-order chi connectivity index (χ1) is 8.00. The van der Waals surface area contributed by atoms with E-state index in [2.05, 4.69) is 18.9 Å². The number of aryl methyl sites for hydroxylation is 1. The summed E-state index contributed by atoms with van der Waals surface area (Å²) in [4.78, 5) is 11.6. The zero-order chi connectivity index (χ0) is 12.6. The van der Waals surface area contributed by atoms with Crippen molar-refractivity contribution in [2.45, 2.75) is 27.2 Å². The average Bonchev–Trinajstić information content (AvgIpc) is 2.55. The summed E-state index contributed by atoms with van der Waals surface area (Å²) in [5, 5.41) is 5.64. The van der Waals surface area contributed by atoms with E-state index in [1.165, 1.54) is 0 Å². The maximum atomic E-state index is 11.6. The molecular formula is C14H18N2O. The van der Waals surface area contributed by atoms with Gasteiger partial charge >= 0.3 is 0 Å². The molecule has 0 fully saturated rings. The highest BCUT2D eigenvalue weighted by molar-refractivity contribution is 6.06. The van der Waals surface area contributed by atoms with Crippen LogP contribution in [0.15, 0.2) is 18.2 Å². The first-order valence-electron chi connectivity index (χ1n) is 5.96. The predicted octanol–water partition coefficient (Wildman–Crippen LogP) is 2.97. The lowest BCUT2D eigenvalue weighted by Gasteiger charge is -2.02. The number of rotatable bonds is 3. The minimum atomic E-state index is 0.0923. The molecule has 1 aromatic heterocycles. The number of carbonyl (C=O) groups is 1. The molecule has 0 atom stereocenters. The fourth-order valence-electron chi connectivity index (χ4n) is 2.23. The summed E-state index contributed by atoms with van der Waals surface area (Å²) < 4.78 is 1.82. The van der Waals surface area contributed by atoms with Gasteiger partial charge in [-0.2, -0.15) is 5.10 Å². The second-order valence-corrected chi connectivity index (χ2v) is 4.93. The van der Waals surface area contributed by atoms with Gasteiger partial charge < -0.3 is 0 Å². The monoisotopic (exact) mass is 230 g/mol. The van der Waals surface area contributed by atoms with Crippen molar-refractivity contribution >= 4 is 16.7 Å². The third kappa shape index (κ3) is 2.09. The van der Waals surface area contributed by atoms with Gasteiger partial charge in [0.25, 0.3) is 0 Å². The van der Waals surface area contributed by atoms with Gasteiger partial charge in [0, 0.05) is 18.0 Å². The van der Waals surface area contributed by atoms with E-state index in [1.54, 1.807) is 6.92 Å². The van der Waals surface area contributed by atoms with Crippen molar-refractivity contribution in [3.8, 4) is 0 Å². The average molecular weight is 230 g/mol. The first kappa shape index (κ1) is 11.8. The Hall–Kier alpha value is -1.64. The number of nitrogens with zero attached hydrogens (tertiary/aromatic N) is 2. The van der Waals surface area contributed by atoms with Crippen LogP contribution in [0.4, 0.5) is 0 Å². The molecule has 0 spiro atoms. The highest BCUT2D eigenvalue weighted by Crippen LogP contribution is 2.24. The second-order valence-electron chi connectivity index (χ2n) is 4.93. The number of hydrogen-bond donors (Lipinski definition) is 0. The maximum Gasteiger partial charge on any atom is 0.161 e. The molecule has 3 heteroatoms. The maximum absolute atomic E-state index is 11.6. The lowest BCUT2D eigenvalue weighted by molar-refractivity contribution is 0.101. The highest BCUT2D eigenvalue weighted by Gasteiger charge is 2.14. The first-order valence-corrected chi connectivity index (χ1v) is 5.96. The number of para-hydroxylation sites is 1. The van der Waals surface area contributed by atoms with Gasteiger partial charge in [-0.3, -0.25) is 9.48 Å². The zero-order valence-corrected chi connectivity index (χ0v) is 10.8. The standard InChI is InChI=1S/C14H18N2O/c1-9(2)8-13-12-7-5-6-11(10(3)17)14(12)16(4)15-13/h5-7,9H,8H2,1-4H3. The van der Waals surface area contributed by atoms with E-state index < -0.39 is 0 Å². The van der Waals surface area contributed by atoms with Crippen LogP contribution in [0.5, 0.6) is 0 Å². The Labute approximate surface area is 101 Å². The predicted molar refractivity (Wildman–Crippen MR) is 69.3 cm³/mol. The Kier molecular flexibility index (Phi) is 3.01. The third-order valence-electron chi connectivity index (χ3n) is 2.92. The van der Waals surface area contributed by atoms with E-state index in [0.717, 1.165) is 28.6 Å². The van der Waals surface area contributed by atoms with Crippen LogP contribution < -0.4 is 0 Å². The largest absolute Gasteiger partial charge is 0.294 e. The van der Waals surface area contributed by atoms with Crippen LogP contribution in [0.1, 0.15) is 36.8 Å². The minimum Gasteiger partial charge on any atom is -0.294 e. The van der Waals surface area contributed by atoms with Crippen LogP contribution in [-0.4, -0.2) is 15.6 Å². The summed E-state index contributed by atoms with van der Waals surface area (Å²) in [5.74, 6) is 0.656. The zero-order valence-electron chi connectivity index (χ0n) is 10.8. The number of hydrogen-bond acceptors (Lipinski definition) is 2. The van der Waals surface area contributed by atoms with Gasteiger partial charge in [0.2, 0.25) is 0 Å². The normalized spacial score (nSPS) is 11.4. The molecule has 1 aromatic carbocycles. The second kappa shape index (κ2) is 4.32. The molecule has 0 radical (unpaired) electrons. The summed E-state index contributed by atoms with van der Waals surface area (Å²) in [7, 11) is 1.90. The van der Waals surface area contributed by atoms with Crippen molar-refractivity contribution < 1.29 is 4.79 Å². The number of aromatic nitrogens is 2. The highest BCUT2D eigenvalue weighted by atomic mass is 16.1. The molecule has 0 N–H and O–H groups in total. The Morgan fingerprint density at radius 3 is 2.71 bits per heavy atom. The quantitative estimate of drug-likeness (QED) is 0.760. The number of ketones is 1. The van der Waals surface area contributed by atoms with Gasteiger partial charge in [-0.15, -0.1) is 0 Å². The van der Waals surface area contributed by atoms with Crippen molar-refractivity contribution in [3.05, 3.63) is 29.5 Å². The molecule has 0 unspecified atom stereocenters. The van der Waals surface area contributed by atoms with Gasteiger partial charge in [0.1, 0.15) is 0 Å². The van der Waals surface area contributed by atoms with Crippen molar-refractivity contribution in [2.24, 2.45) is 13.0 Å². The number of carbonyl (C=O) groups excluding carboxylic acids is 1. The molecule has 2 aromatic rings. The van der Waals surface area contributed by atoms with E-state index in [-0.39, 0.29) is 5.78 Å². The molecule has 0 bridgehead atoms. The molecule has 0 amide bonds. The summed E-state index contributed by atoms with van der Waals surface area (Å²) >= 11 is 0. The van der Waals surface area contributed by atoms with Crippen LogP contribution in [0.3, 0.4) is 0 Å². The van der Waals surface area contributed by atoms with Gasteiger partial charge in [0.15, 0.2) is 5.78 Å². The molecule has 2 rings (SSSR count). The van der Waals surface area contributed by atoms with Crippen molar-refractivity contribution in [1.82, 2.24) is 9.78 Å². The van der Waals surface area contributed by atoms with Gasteiger partial charge in [-0.05, 0) is 25.3 Å². The number of fused-ring (bicyclic) bond motifs is 1. The van der Waals surface area contributed by atoms with E-state index >= 15 is 0 Å². The molecule has 0 aliphatic carbocycles. The fraction of sp³-hybridized carbons (Fsp3) is 0.429. The van der Waals surface area contributed by atoms with Crippen molar-refractivity contribution in [2.75, 3.05) is 0 Å². The van der Waals surface area contributed by atoms with Crippen molar-refractivity contribution in [3.63, 3.8) is 0 Å². The molecule has 17 heavy (non-hydrogen) atoms. The van der Waals surface area contributed by atoms with Crippen LogP contribution in [0.25, 0.3) is 10.9 Å². The molecular weight excluding hydrogens is 212 g/mol.